The van der Waals surface area contributed by atoms with Crippen LogP contribution >= 0.6 is 0 Å². The molecule has 0 bridgehead atoms. The Bertz CT molecular complexity index is 500. The monoisotopic (exact) mass is 253 g/mol. The van der Waals surface area contributed by atoms with Crippen molar-refractivity contribution < 1.29 is 19.6 Å². The van der Waals surface area contributed by atoms with Crippen LogP contribution in [0.3, 0.4) is 0 Å². The molecule has 96 valence electrons. The van der Waals surface area contributed by atoms with Crippen LogP contribution in [0.5, 0.6) is 0 Å². The number of nitrogens with zero attached hydrogens (tertiary/aromatic N) is 1. The Morgan fingerprint density at radius 1 is 1.44 bits per heavy atom. The first kappa shape index (κ1) is 13.4. The average molecular weight is 253 g/mol. The number of hydrogen-bond acceptors (Lipinski definition) is 4. The molecule has 0 atom stereocenters. The molecule has 8 heteroatoms. The van der Waals surface area contributed by atoms with Crippen LogP contribution in [0, 0.1) is 10.1 Å². The standard InChI is InChI=1S/C10H11N3O5/c1-2-11-10(16)12-8-5-6(13(17)18)3-4-7(8)9(14)15/h3-5H,2H2,1H3,(H,14,15)(H2,11,12,16). The number of anilines is 1. The van der Waals surface area contributed by atoms with E-state index in [0.717, 1.165) is 18.2 Å². The Kier molecular flexibility index (Phi) is 4.19. The minimum atomic E-state index is -1.28. The number of nitro groups is 1. The Morgan fingerprint density at radius 2 is 2.11 bits per heavy atom. The normalized spacial score (nSPS) is 9.61. The predicted octanol–water partition coefficient (Wildman–Crippen LogP) is 1.43. The number of carboxylic acids is 1. The Hall–Kier alpha value is -2.64. The molecule has 0 aliphatic rings. The van der Waals surface area contributed by atoms with Gasteiger partial charge in [-0.3, -0.25) is 10.1 Å². The summed E-state index contributed by atoms with van der Waals surface area (Å²) in [4.78, 5) is 32.1. The highest BCUT2D eigenvalue weighted by molar-refractivity contribution is 6.00. The van der Waals surface area contributed by atoms with Gasteiger partial charge in [-0.05, 0) is 13.0 Å². The van der Waals surface area contributed by atoms with Gasteiger partial charge in [0.05, 0.1) is 16.2 Å². The van der Waals surface area contributed by atoms with Crippen LogP contribution in [-0.4, -0.2) is 28.6 Å². The van der Waals surface area contributed by atoms with E-state index in [1.165, 1.54) is 0 Å². The topological polar surface area (TPSA) is 122 Å². The molecule has 0 unspecified atom stereocenters. The quantitative estimate of drug-likeness (QED) is 0.553. The molecule has 1 rings (SSSR count). The van der Waals surface area contributed by atoms with E-state index in [0.29, 0.717) is 6.54 Å². The van der Waals surface area contributed by atoms with Gasteiger partial charge < -0.3 is 15.7 Å². The van der Waals surface area contributed by atoms with Gasteiger partial charge >= 0.3 is 12.0 Å². The molecule has 8 nitrogen and oxygen atoms in total. The summed E-state index contributed by atoms with van der Waals surface area (Å²) in [6.07, 6.45) is 0. The molecule has 0 aromatic heterocycles. The second-order valence-corrected chi connectivity index (χ2v) is 3.28. The number of non-ortho nitro benzene ring substituents is 1. The van der Waals surface area contributed by atoms with Gasteiger partial charge in [-0.2, -0.15) is 0 Å². The van der Waals surface area contributed by atoms with Crippen LogP contribution < -0.4 is 10.6 Å². The lowest BCUT2D eigenvalue weighted by Gasteiger charge is -2.08. The third-order valence-corrected chi connectivity index (χ3v) is 2.03. The Labute approximate surface area is 102 Å². The van der Waals surface area contributed by atoms with Crippen molar-refractivity contribution in [2.75, 3.05) is 11.9 Å². The van der Waals surface area contributed by atoms with Crippen molar-refractivity contribution in [2.24, 2.45) is 0 Å². The number of rotatable bonds is 4. The zero-order valence-corrected chi connectivity index (χ0v) is 9.47. The molecule has 0 spiro atoms. The number of carbonyl (C=O) groups excluding carboxylic acids is 1. The number of aromatic carboxylic acids is 1. The van der Waals surface area contributed by atoms with Crippen LogP contribution in [-0.2, 0) is 0 Å². The molecule has 1 aromatic carbocycles. The van der Waals surface area contributed by atoms with E-state index < -0.39 is 16.9 Å². The van der Waals surface area contributed by atoms with Gasteiger partial charge in [0.1, 0.15) is 0 Å². The highest BCUT2D eigenvalue weighted by Crippen LogP contribution is 2.22. The van der Waals surface area contributed by atoms with Crippen molar-refractivity contribution in [2.45, 2.75) is 6.92 Å². The minimum absolute atomic E-state index is 0.123. The molecule has 2 amide bonds. The predicted molar refractivity (Wildman–Crippen MR) is 62.8 cm³/mol. The zero-order valence-electron chi connectivity index (χ0n) is 9.47. The van der Waals surface area contributed by atoms with Gasteiger partial charge in [-0.15, -0.1) is 0 Å². The lowest BCUT2D eigenvalue weighted by molar-refractivity contribution is -0.384. The van der Waals surface area contributed by atoms with Crippen molar-refractivity contribution in [1.29, 1.82) is 0 Å². The highest BCUT2D eigenvalue weighted by Gasteiger charge is 2.16. The summed E-state index contributed by atoms with van der Waals surface area (Å²) in [6, 6.07) is 2.51. The molecule has 3 N–H and O–H groups in total. The third kappa shape index (κ3) is 3.17. The number of nitro benzene ring substituents is 1. The molecular formula is C10H11N3O5. The van der Waals surface area contributed by atoms with E-state index >= 15 is 0 Å². The van der Waals surface area contributed by atoms with Crippen molar-refractivity contribution in [3.63, 3.8) is 0 Å². The lowest BCUT2D eigenvalue weighted by Crippen LogP contribution is -2.29. The molecule has 0 saturated heterocycles. The van der Waals surface area contributed by atoms with Gasteiger partial charge in [0.15, 0.2) is 0 Å². The first-order valence-electron chi connectivity index (χ1n) is 5.02. The first-order chi connectivity index (χ1) is 8.45. The highest BCUT2D eigenvalue weighted by atomic mass is 16.6. The summed E-state index contributed by atoms with van der Waals surface area (Å²) in [5.41, 5.74) is -0.638. The largest absolute Gasteiger partial charge is 0.478 e. The van der Waals surface area contributed by atoms with Crippen molar-refractivity contribution >= 4 is 23.4 Å². The van der Waals surface area contributed by atoms with Crippen LogP contribution in [0.4, 0.5) is 16.2 Å². The van der Waals surface area contributed by atoms with Crippen molar-refractivity contribution in [3.05, 3.63) is 33.9 Å². The summed E-state index contributed by atoms with van der Waals surface area (Å²) in [5, 5.41) is 24.1. The van der Waals surface area contributed by atoms with Crippen LogP contribution in [0.2, 0.25) is 0 Å². The van der Waals surface area contributed by atoms with E-state index in [-0.39, 0.29) is 16.9 Å². The second-order valence-electron chi connectivity index (χ2n) is 3.28. The minimum Gasteiger partial charge on any atom is -0.478 e. The number of carboxylic acid groups (broad SMARTS) is 1. The van der Waals surface area contributed by atoms with E-state index in [9.17, 15) is 19.7 Å². The fourth-order valence-electron chi connectivity index (χ4n) is 1.26. The number of hydrogen-bond donors (Lipinski definition) is 3. The SMILES string of the molecule is CCNC(=O)Nc1cc([N+](=O)[O-])ccc1C(=O)O. The molecule has 18 heavy (non-hydrogen) atoms. The summed E-state index contributed by atoms with van der Waals surface area (Å²) in [6.45, 7) is 2.04. The van der Waals surface area contributed by atoms with E-state index in [2.05, 4.69) is 10.6 Å². The Morgan fingerprint density at radius 3 is 2.61 bits per heavy atom. The summed E-state index contributed by atoms with van der Waals surface area (Å²) >= 11 is 0. The zero-order chi connectivity index (χ0) is 13.7. The molecule has 0 heterocycles. The number of carbonyl (C=O) groups is 2. The molecule has 0 radical (unpaired) electrons. The maximum absolute atomic E-state index is 11.3. The van der Waals surface area contributed by atoms with Crippen molar-refractivity contribution in [1.82, 2.24) is 5.32 Å². The molecule has 0 aliphatic heterocycles. The Balaban J connectivity index is 3.11. The summed E-state index contributed by atoms with van der Waals surface area (Å²) < 4.78 is 0. The molecule has 0 saturated carbocycles. The van der Waals surface area contributed by atoms with E-state index in [4.69, 9.17) is 5.11 Å². The van der Waals surface area contributed by atoms with Crippen LogP contribution in [0.15, 0.2) is 18.2 Å². The second kappa shape index (κ2) is 5.62. The van der Waals surface area contributed by atoms with Crippen LogP contribution in [0.1, 0.15) is 17.3 Å². The van der Waals surface area contributed by atoms with Gasteiger partial charge in [0.2, 0.25) is 0 Å². The third-order valence-electron chi connectivity index (χ3n) is 2.03. The number of nitrogens with one attached hydrogen (secondary N) is 2. The summed E-state index contributed by atoms with van der Waals surface area (Å²) in [5.74, 6) is -1.28. The molecule has 1 aromatic rings. The molecule has 0 fully saturated rings. The number of benzene rings is 1. The van der Waals surface area contributed by atoms with Crippen molar-refractivity contribution in [3.8, 4) is 0 Å². The van der Waals surface area contributed by atoms with E-state index in [1.54, 1.807) is 6.92 Å². The lowest BCUT2D eigenvalue weighted by atomic mass is 10.1. The maximum Gasteiger partial charge on any atom is 0.337 e. The number of urea groups is 1. The summed E-state index contributed by atoms with van der Waals surface area (Å²) in [7, 11) is 0. The maximum atomic E-state index is 11.3. The van der Waals surface area contributed by atoms with Gasteiger partial charge in [0.25, 0.3) is 5.69 Å². The average Bonchev–Trinajstić information content (AvgIpc) is 2.28. The molecule has 0 aliphatic carbocycles. The van der Waals surface area contributed by atoms with Crippen LogP contribution in [0.25, 0.3) is 0 Å². The fraction of sp³-hybridized carbons (Fsp3) is 0.200. The first-order valence-corrected chi connectivity index (χ1v) is 5.02. The van der Waals surface area contributed by atoms with E-state index in [1.807, 2.05) is 0 Å². The smallest absolute Gasteiger partial charge is 0.337 e. The fourth-order valence-corrected chi connectivity index (χ4v) is 1.26. The number of amides is 2. The van der Waals surface area contributed by atoms with Gasteiger partial charge in [-0.1, -0.05) is 0 Å². The molecular weight excluding hydrogens is 242 g/mol. The van der Waals surface area contributed by atoms with Gasteiger partial charge in [-0.25, -0.2) is 9.59 Å². The van der Waals surface area contributed by atoms with Gasteiger partial charge in [0, 0.05) is 18.7 Å².